The van der Waals surface area contributed by atoms with Crippen molar-refractivity contribution < 1.29 is 13.2 Å². The van der Waals surface area contributed by atoms with Crippen molar-refractivity contribution >= 4 is 47.8 Å². The van der Waals surface area contributed by atoms with Crippen LogP contribution in [0.5, 0.6) is 0 Å². The Morgan fingerprint density at radius 3 is 2.29 bits per heavy atom. The quantitative estimate of drug-likeness (QED) is 0.668. The van der Waals surface area contributed by atoms with E-state index in [0.717, 1.165) is 30.2 Å². The lowest BCUT2D eigenvalue weighted by molar-refractivity contribution is -0.136. The minimum absolute atomic E-state index is 0.146. The average molecular weight is 480 g/mol. The smallest absolute Gasteiger partial charge is 0.244 e. The number of carbonyl (C=O) groups is 1. The van der Waals surface area contributed by atoms with E-state index in [4.69, 9.17) is 0 Å². The molecule has 1 aromatic rings. The number of hydrogen-bond acceptors (Lipinski definition) is 3. The Balaban J connectivity index is 1.69. The molecule has 1 saturated carbocycles. The van der Waals surface area contributed by atoms with E-state index >= 15 is 0 Å². The molecule has 1 saturated heterocycles. The number of sulfonamides is 1. The Bertz CT molecular complexity index is 725. The Hall–Kier alpha value is -0.440. The maximum Gasteiger partial charge on any atom is 0.244 e. The molecule has 2 aliphatic rings. The van der Waals surface area contributed by atoms with Gasteiger partial charge in [-0.25, -0.2) is 8.42 Å². The molecule has 2 fully saturated rings. The van der Waals surface area contributed by atoms with E-state index in [9.17, 15) is 13.2 Å². The zero-order chi connectivity index (χ0) is 17.3. The summed E-state index contributed by atoms with van der Waals surface area (Å²) in [5.41, 5.74) is 0. The fourth-order valence-corrected chi connectivity index (χ4v) is 6.28. The van der Waals surface area contributed by atoms with Crippen molar-refractivity contribution in [3.8, 4) is 0 Å². The third-order valence-corrected chi connectivity index (χ3v) is 8.15. The van der Waals surface area contributed by atoms with Gasteiger partial charge in [-0.15, -0.1) is 0 Å². The van der Waals surface area contributed by atoms with Gasteiger partial charge in [-0.3, -0.25) is 4.79 Å². The summed E-state index contributed by atoms with van der Waals surface area (Å²) in [6.07, 6.45) is 4.20. The van der Waals surface area contributed by atoms with Crippen molar-refractivity contribution in [2.24, 2.45) is 5.92 Å². The standard InChI is InChI=1S/C16H20Br2N2O3S/c17-13-5-6-14(18)15(11-13)24(22,23)20-9-7-19(8-10-20)16(21)12-3-1-2-4-12/h5-6,11-12H,1-4,7-10H2. The zero-order valence-electron chi connectivity index (χ0n) is 13.2. The van der Waals surface area contributed by atoms with Crippen LogP contribution in [0.4, 0.5) is 0 Å². The second kappa shape index (κ2) is 7.43. The first-order valence-electron chi connectivity index (χ1n) is 8.13. The third kappa shape index (κ3) is 3.71. The first-order chi connectivity index (χ1) is 11.4. The molecule has 0 atom stereocenters. The van der Waals surface area contributed by atoms with Crippen molar-refractivity contribution in [2.45, 2.75) is 30.6 Å². The second-order valence-electron chi connectivity index (χ2n) is 6.29. The maximum absolute atomic E-state index is 12.9. The number of halogens is 2. The Morgan fingerprint density at radius 2 is 1.67 bits per heavy atom. The minimum Gasteiger partial charge on any atom is -0.340 e. The minimum atomic E-state index is -3.56. The highest BCUT2D eigenvalue weighted by atomic mass is 79.9. The van der Waals surface area contributed by atoms with E-state index in [1.54, 1.807) is 18.2 Å². The molecule has 0 unspecified atom stereocenters. The molecule has 1 aromatic carbocycles. The molecule has 0 aromatic heterocycles. The van der Waals surface area contributed by atoms with Crippen molar-refractivity contribution in [3.63, 3.8) is 0 Å². The predicted octanol–water partition coefficient (Wildman–Crippen LogP) is 3.23. The van der Waals surface area contributed by atoms with Crippen LogP contribution in [0.15, 0.2) is 32.0 Å². The van der Waals surface area contributed by atoms with Crippen LogP contribution in [0, 0.1) is 5.92 Å². The molecule has 0 bridgehead atoms. The average Bonchev–Trinajstić information content (AvgIpc) is 3.11. The first kappa shape index (κ1) is 18.4. The zero-order valence-corrected chi connectivity index (χ0v) is 17.2. The molecule has 0 spiro atoms. The van der Waals surface area contributed by atoms with Gasteiger partial charge in [0, 0.05) is 41.0 Å². The normalized spacial score (nSPS) is 20.5. The summed E-state index contributed by atoms with van der Waals surface area (Å²) in [4.78, 5) is 14.6. The van der Waals surface area contributed by atoms with Crippen LogP contribution < -0.4 is 0 Å². The van der Waals surface area contributed by atoms with E-state index in [1.165, 1.54) is 4.31 Å². The van der Waals surface area contributed by atoms with Gasteiger partial charge in [0.1, 0.15) is 0 Å². The molecule has 1 heterocycles. The van der Waals surface area contributed by atoms with Gasteiger partial charge >= 0.3 is 0 Å². The van der Waals surface area contributed by atoms with Crippen molar-refractivity contribution in [2.75, 3.05) is 26.2 Å². The van der Waals surface area contributed by atoms with Crippen molar-refractivity contribution in [1.29, 1.82) is 0 Å². The lowest BCUT2D eigenvalue weighted by Gasteiger charge is -2.35. The molecule has 1 aliphatic heterocycles. The maximum atomic E-state index is 12.9. The van der Waals surface area contributed by atoms with Crippen molar-refractivity contribution in [3.05, 3.63) is 27.1 Å². The molecule has 132 valence electrons. The van der Waals surface area contributed by atoms with Gasteiger partial charge in [0.05, 0.1) is 4.90 Å². The second-order valence-corrected chi connectivity index (χ2v) is 9.96. The number of benzene rings is 1. The van der Waals surface area contributed by atoms with Crippen LogP contribution in [0.3, 0.4) is 0 Å². The highest BCUT2D eigenvalue weighted by Crippen LogP contribution is 2.30. The molecule has 5 nitrogen and oxygen atoms in total. The Morgan fingerprint density at radius 1 is 1.04 bits per heavy atom. The molecule has 1 amide bonds. The topological polar surface area (TPSA) is 57.7 Å². The first-order valence-corrected chi connectivity index (χ1v) is 11.2. The fourth-order valence-electron chi connectivity index (χ4n) is 3.39. The van der Waals surface area contributed by atoms with E-state index in [0.29, 0.717) is 30.7 Å². The van der Waals surface area contributed by atoms with Crippen LogP contribution in [0.1, 0.15) is 25.7 Å². The summed E-state index contributed by atoms with van der Waals surface area (Å²) in [7, 11) is -3.56. The van der Waals surface area contributed by atoms with Gasteiger partial charge in [0.15, 0.2) is 0 Å². The molecular weight excluding hydrogens is 460 g/mol. The molecule has 0 N–H and O–H groups in total. The molecule has 1 aliphatic carbocycles. The van der Waals surface area contributed by atoms with Crippen LogP contribution in [-0.4, -0.2) is 49.7 Å². The SMILES string of the molecule is O=C(C1CCCC1)N1CCN(S(=O)(=O)c2cc(Br)ccc2Br)CC1. The molecule has 3 rings (SSSR count). The Labute approximate surface area is 159 Å². The van der Waals surface area contributed by atoms with Crippen LogP contribution in [0.25, 0.3) is 0 Å². The number of carbonyl (C=O) groups excluding carboxylic acids is 1. The van der Waals surface area contributed by atoms with E-state index in [1.807, 2.05) is 4.90 Å². The fraction of sp³-hybridized carbons (Fsp3) is 0.562. The molecule has 24 heavy (non-hydrogen) atoms. The van der Waals surface area contributed by atoms with Crippen molar-refractivity contribution in [1.82, 2.24) is 9.21 Å². The van der Waals surface area contributed by atoms with Gasteiger partial charge < -0.3 is 4.90 Å². The summed E-state index contributed by atoms with van der Waals surface area (Å²) in [6, 6.07) is 5.12. The summed E-state index contributed by atoms with van der Waals surface area (Å²) < 4.78 is 28.5. The van der Waals surface area contributed by atoms with Gasteiger partial charge in [0.25, 0.3) is 0 Å². The number of hydrogen-bond donors (Lipinski definition) is 0. The highest BCUT2D eigenvalue weighted by Gasteiger charge is 2.34. The number of amides is 1. The molecule has 0 radical (unpaired) electrons. The van der Waals surface area contributed by atoms with Gasteiger partial charge in [-0.1, -0.05) is 28.8 Å². The Kier molecular flexibility index (Phi) is 5.68. The van der Waals surface area contributed by atoms with Crippen LogP contribution in [-0.2, 0) is 14.8 Å². The molecular formula is C16H20Br2N2O3S. The summed E-state index contributed by atoms with van der Waals surface area (Å²) >= 11 is 6.64. The van der Waals surface area contributed by atoms with Gasteiger partial charge in [0.2, 0.25) is 15.9 Å². The molecule has 8 heteroatoms. The number of rotatable bonds is 3. The van der Waals surface area contributed by atoms with Gasteiger partial charge in [-0.05, 0) is 47.0 Å². The highest BCUT2D eigenvalue weighted by molar-refractivity contribution is 9.11. The van der Waals surface area contributed by atoms with E-state index < -0.39 is 10.0 Å². The third-order valence-electron chi connectivity index (χ3n) is 4.77. The van der Waals surface area contributed by atoms with Crippen LogP contribution in [0.2, 0.25) is 0 Å². The number of nitrogens with zero attached hydrogens (tertiary/aromatic N) is 2. The summed E-state index contributed by atoms with van der Waals surface area (Å²) in [5.74, 6) is 0.348. The van der Waals surface area contributed by atoms with Crippen LogP contribution >= 0.6 is 31.9 Å². The largest absolute Gasteiger partial charge is 0.340 e. The number of piperazine rings is 1. The summed E-state index contributed by atoms with van der Waals surface area (Å²) in [5, 5.41) is 0. The van der Waals surface area contributed by atoms with E-state index in [2.05, 4.69) is 31.9 Å². The van der Waals surface area contributed by atoms with Gasteiger partial charge in [-0.2, -0.15) is 4.31 Å². The van der Waals surface area contributed by atoms with E-state index in [-0.39, 0.29) is 16.7 Å². The monoisotopic (exact) mass is 478 g/mol. The summed E-state index contributed by atoms with van der Waals surface area (Å²) in [6.45, 7) is 1.64. The predicted molar refractivity (Wildman–Crippen MR) is 99.1 cm³/mol. The lowest BCUT2D eigenvalue weighted by atomic mass is 10.1. The lowest BCUT2D eigenvalue weighted by Crippen LogP contribution is -2.51.